The van der Waals surface area contributed by atoms with E-state index in [1.807, 2.05) is 19.3 Å². The highest BCUT2D eigenvalue weighted by atomic mass is 16.3. The maximum atomic E-state index is 8.79. The molecule has 0 saturated heterocycles. The summed E-state index contributed by atoms with van der Waals surface area (Å²) < 4.78 is 3.26. The van der Waals surface area contributed by atoms with Gasteiger partial charge >= 0.3 is 0 Å². The minimum Gasteiger partial charge on any atom is -0.394 e. The molecule has 2 rings (SSSR count). The molecule has 0 aliphatic carbocycles. The first-order valence-corrected chi connectivity index (χ1v) is 4.65. The summed E-state index contributed by atoms with van der Waals surface area (Å²) in [6.45, 7) is 0.423. The van der Waals surface area contributed by atoms with Gasteiger partial charge in [-0.05, 0) is 6.07 Å². The Balaban J connectivity index is 2.33. The van der Waals surface area contributed by atoms with Crippen LogP contribution in [0.1, 0.15) is 0 Å². The van der Waals surface area contributed by atoms with Crippen LogP contribution in [-0.4, -0.2) is 31.3 Å². The summed E-state index contributed by atoms with van der Waals surface area (Å²) in [5.41, 5.74) is 7.23. The van der Waals surface area contributed by atoms with Crippen LogP contribution in [0.25, 0.3) is 11.4 Å². The van der Waals surface area contributed by atoms with E-state index in [2.05, 4.69) is 10.2 Å². The van der Waals surface area contributed by atoms with Gasteiger partial charge in [0.15, 0.2) is 0 Å². The number of hydrogen-bond acceptors (Lipinski definition) is 4. The first-order valence-electron chi connectivity index (χ1n) is 4.65. The predicted octanol–water partition coefficient (Wildman–Crippen LogP) is -0.142. The van der Waals surface area contributed by atoms with Crippen LogP contribution in [0.15, 0.2) is 18.3 Å². The van der Waals surface area contributed by atoms with E-state index in [1.165, 1.54) is 0 Å². The lowest BCUT2D eigenvalue weighted by Gasteiger charge is -1.98. The van der Waals surface area contributed by atoms with Gasteiger partial charge in [0.25, 0.3) is 0 Å². The molecule has 0 fully saturated rings. The van der Waals surface area contributed by atoms with Gasteiger partial charge in [-0.3, -0.25) is 4.68 Å². The van der Waals surface area contributed by atoms with Crippen molar-refractivity contribution < 1.29 is 5.11 Å². The molecule has 0 amide bonds. The van der Waals surface area contributed by atoms with Crippen LogP contribution in [-0.2, 0) is 13.6 Å². The van der Waals surface area contributed by atoms with Crippen LogP contribution in [0.3, 0.4) is 0 Å². The van der Waals surface area contributed by atoms with Crippen LogP contribution < -0.4 is 5.73 Å². The molecule has 0 bridgehead atoms. The zero-order valence-electron chi connectivity index (χ0n) is 8.46. The summed E-state index contributed by atoms with van der Waals surface area (Å²) in [5.74, 6) is 0.532. The Bertz CT molecular complexity index is 459. The molecule has 2 aromatic rings. The van der Waals surface area contributed by atoms with Crippen LogP contribution in [0.2, 0.25) is 0 Å². The number of nitrogens with two attached hydrogens (primary N) is 1. The molecular formula is C9H13N5O. The van der Waals surface area contributed by atoms with Gasteiger partial charge in [0.2, 0.25) is 0 Å². The number of hydrogen-bond donors (Lipinski definition) is 2. The minimum atomic E-state index is 0.0214. The molecule has 0 aromatic carbocycles. The van der Waals surface area contributed by atoms with Crippen molar-refractivity contribution in [3.05, 3.63) is 18.3 Å². The number of rotatable bonds is 3. The largest absolute Gasteiger partial charge is 0.394 e. The lowest BCUT2D eigenvalue weighted by Crippen LogP contribution is -2.07. The molecule has 2 aromatic heterocycles. The third-order valence-electron chi connectivity index (χ3n) is 2.10. The van der Waals surface area contributed by atoms with E-state index in [4.69, 9.17) is 10.8 Å². The molecular weight excluding hydrogens is 194 g/mol. The van der Waals surface area contributed by atoms with E-state index < -0.39 is 0 Å². The average molecular weight is 207 g/mol. The molecule has 0 aliphatic rings. The van der Waals surface area contributed by atoms with Gasteiger partial charge in [-0.15, -0.1) is 0 Å². The van der Waals surface area contributed by atoms with Crippen molar-refractivity contribution in [1.82, 2.24) is 19.6 Å². The number of aromatic nitrogens is 4. The average Bonchev–Trinajstić information content (AvgIpc) is 2.75. The van der Waals surface area contributed by atoms with Gasteiger partial charge in [-0.2, -0.15) is 10.2 Å². The fraction of sp³-hybridized carbons (Fsp3) is 0.333. The van der Waals surface area contributed by atoms with Crippen molar-refractivity contribution in [3.8, 4) is 11.4 Å². The second-order valence-electron chi connectivity index (χ2n) is 3.28. The Kier molecular flexibility index (Phi) is 2.42. The summed E-state index contributed by atoms with van der Waals surface area (Å²) >= 11 is 0. The van der Waals surface area contributed by atoms with E-state index in [0.717, 1.165) is 11.4 Å². The fourth-order valence-electron chi connectivity index (χ4n) is 1.38. The molecule has 0 atom stereocenters. The highest BCUT2D eigenvalue weighted by Gasteiger charge is 2.08. The SMILES string of the molecule is Cn1ccc(-c2cc(N)n(CCO)n2)n1. The van der Waals surface area contributed by atoms with E-state index >= 15 is 0 Å². The highest BCUT2D eigenvalue weighted by Crippen LogP contribution is 2.17. The van der Waals surface area contributed by atoms with Crippen LogP contribution in [0.5, 0.6) is 0 Å². The molecule has 0 saturated carbocycles. The third kappa shape index (κ3) is 1.84. The highest BCUT2D eigenvalue weighted by molar-refractivity contribution is 5.57. The molecule has 3 N–H and O–H groups in total. The summed E-state index contributed by atoms with van der Waals surface area (Å²) in [4.78, 5) is 0. The third-order valence-corrected chi connectivity index (χ3v) is 2.10. The van der Waals surface area contributed by atoms with E-state index in [0.29, 0.717) is 12.4 Å². The number of aliphatic hydroxyl groups excluding tert-OH is 1. The molecule has 6 heteroatoms. The fourth-order valence-corrected chi connectivity index (χ4v) is 1.38. The lowest BCUT2D eigenvalue weighted by molar-refractivity contribution is 0.270. The van der Waals surface area contributed by atoms with Crippen molar-refractivity contribution in [2.45, 2.75) is 6.54 Å². The summed E-state index contributed by atoms with van der Waals surface area (Å²) in [5, 5.41) is 17.2. The summed E-state index contributed by atoms with van der Waals surface area (Å²) in [7, 11) is 1.84. The van der Waals surface area contributed by atoms with Gasteiger partial charge in [0, 0.05) is 19.3 Å². The summed E-state index contributed by atoms with van der Waals surface area (Å²) in [6.07, 6.45) is 1.84. The quantitative estimate of drug-likeness (QED) is 0.733. The Morgan fingerprint density at radius 2 is 2.20 bits per heavy atom. The van der Waals surface area contributed by atoms with Crippen molar-refractivity contribution >= 4 is 5.82 Å². The number of anilines is 1. The summed E-state index contributed by atoms with van der Waals surface area (Å²) in [6, 6.07) is 3.61. The Hall–Kier alpha value is -1.82. The van der Waals surface area contributed by atoms with Crippen molar-refractivity contribution in [2.24, 2.45) is 7.05 Å². The van der Waals surface area contributed by atoms with Crippen molar-refractivity contribution in [2.75, 3.05) is 12.3 Å². The Morgan fingerprint density at radius 1 is 1.40 bits per heavy atom. The first-order chi connectivity index (χ1) is 7.20. The maximum absolute atomic E-state index is 8.79. The maximum Gasteiger partial charge on any atom is 0.122 e. The monoisotopic (exact) mass is 207 g/mol. The van der Waals surface area contributed by atoms with Crippen molar-refractivity contribution in [3.63, 3.8) is 0 Å². The van der Waals surface area contributed by atoms with E-state index in [-0.39, 0.29) is 6.61 Å². The van der Waals surface area contributed by atoms with Crippen molar-refractivity contribution in [1.29, 1.82) is 0 Å². The van der Waals surface area contributed by atoms with Crippen LogP contribution >= 0.6 is 0 Å². The molecule has 0 aliphatic heterocycles. The number of aryl methyl sites for hydroxylation is 1. The first kappa shape index (κ1) is 9.72. The number of aliphatic hydroxyl groups is 1. The van der Waals surface area contributed by atoms with E-state index in [1.54, 1.807) is 15.4 Å². The Morgan fingerprint density at radius 3 is 2.80 bits per heavy atom. The molecule has 0 unspecified atom stereocenters. The normalized spacial score (nSPS) is 10.8. The van der Waals surface area contributed by atoms with Gasteiger partial charge in [-0.1, -0.05) is 0 Å². The zero-order chi connectivity index (χ0) is 10.8. The molecule has 0 spiro atoms. The predicted molar refractivity (Wildman–Crippen MR) is 55.9 cm³/mol. The Labute approximate surface area is 86.9 Å². The molecule has 6 nitrogen and oxygen atoms in total. The second-order valence-corrected chi connectivity index (χ2v) is 3.28. The number of nitrogen functional groups attached to an aromatic ring is 1. The number of nitrogens with zero attached hydrogens (tertiary/aromatic N) is 4. The van der Waals surface area contributed by atoms with Gasteiger partial charge in [-0.25, -0.2) is 4.68 Å². The van der Waals surface area contributed by atoms with E-state index in [9.17, 15) is 0 Å². The molecule has 0 radical (unpaired) electrons. The topological polar surface area (TPSA) is 81.9 Å². The van der Waals surface area contributed by atoms with Gasteiger partial charge in [0.05, 0.1) is 13.2 Å². The molecule has 80 valence electrons. The smallest absolute Gasteiger partial charge is 0.122 e. The second kappa shape index (κ2) is 3.74. The standard InChI is InChI=1S/C9H13N5O/c1-13-3-2-7(11-13)8-6-9(10)14(12-8)4-5-15/h2-3,6,15H,4-5,10H2,1H3. The van der Waals surface area contributed by atoms with Gasteiger partial charge < -0.3 is 10.8 Å². The van der Waals surface area contributed by atoms with Crippen LogP contribution in [0, 0.1) is 0 Å². The lowest BCUT2D eigenvalue weighted by atomic mass is 10.3. The molecule has 2 heterocycles. The minimum absolute atomic E-state index is 0.0214. The zero-order valence-corrected chi connectivity index (χ0v) is 8.46. The molecule has 15 heavy (non-hydrogen) atoms. The van der Waals surface area contributed by atoms with Crippen LogP contribution in [0.4, 0.5) is 5.82 Å². The van der Waals surface area contributed by atoms with Gasteiger partial charge in [0.1, 0.15) is 17.2 Å².